The Hall–Kier alpha value is -2.77. The number of nitrogens with two attached hydrogens (primary N) is 1. The van der Waals surface area contributed by atoms with Gasteiger partial charge in [-0.25, -0.2) is 0 Å². The molecule has 4 amide bonds. The molecule has 6 N–H and O–H groups in total. The molecule has 0 saturated heterocycles. The number of hydrogen-bond donors (Lipinski definition) is 5. The first kappa shape index (κ1) is 26.2. The number of carbonyl (C=O) groups excluding carboxylic acids is 4. The van der Waals surface area contributed by atoms with Crippen molar-refractivity contribution >= 4 is 29.6 Å². The Bertz CT molecular complexity index is 571. The Kier molecular flexibility index (Phi) is 13.7. The molecule has 0 aromatic carbocycles. The van der Waals surface area contributed by atoms with E-state index in [1.807, 2.05) is 0 Å². The quantitative estimate of drug-likeness (QED) is 0.159. The predicted octanol–water partition coefficient (Wildman–Crippen LogP) is -3.27. The van der Waals surface area contributed by atoms with Gasteiger partial charge in [-0.1, -0.05) is 0 Å². The van der Waals surface area contributed by atoms with Crippen LogP contribution in [0.4, 0.5) is 0 Å². The van der Waals surface area contributed by atoms with Gasteiger partial charge in [-0.3, -0.25) is 24.0 Å². The lowest BCUT2D eigenvalue weighted by atomic mass is 10.2. The van der Waals surface area contributed by atoms with E-state index in [9.17, 15) is 24.0 Å². The topological polar surface area (TPSA) is 195 Å². The minimum atomic E-state index is -1.41. The second kappa shape index (κ2) is 15.2. The van der Waals surface area contributed by atoms with Gasteiger partial charge in [-0.2, -0.15) is 0 Å². The molecule has 0 aliphatic carbocycles. The average molecular weight is 420 g/mol. The summed E-state index contributed by atoms with van der Waals surface area (Å²) in [5.41, 5.74) is 5.02. The van der Waals surface area contributed by atoms with Crippen LogP contribution in [0.2, 0.25) is 0 Å². The Balaban J connectivity index is 4.07. The third-order valence-corrected chi connectivity index (χ3v) is 3.29. The van der Waals surface area contributed by atoms with Crippen molar-refractivity contribution in [2.75, 3.05) is 46.7 Å². The Labute approximate surface area is 167 Å². The molecular formula is C16H28N4O9. The van der Waals surface area contributed by atoms with Crippen LogP contribution in [-0.4, -0.2) is 93.5 Å². The monoisotopic (exact) mass is 420 g/mol. The third-order valence-electron chi connectivity index (χ3n) is 3.29. The fourth-order valence-corrected chi connectivity index (χ4v) is 1.81. The van der Waals surface area contributed by atoms with Crippen LogP contribution in [-0.2, 0) is 38.2 Å². The van der Waals surface area contributed by atoms with E-state index in [2.05, 4.69) is 16.0 Å². The minimum Gasteiger partial charge on any atom is -0.481 e. The summed E-state index contributed by atoms with van der Waals surface area (Å²) in [5, 5.41) is 15.4. The Morgan fingerprint density at radius 2 is 1.59 bits per heavy atom. The molecule has 0 heterocycles. The lowest BCUT2D eigenvalue weighted by Gasteiger charge is -2.18. The number of methoxy groups -OCH3 is 1. The van der Waals surface area contributed by atoms with Gasteiger partial charge in [-0.05, 0) is 6.92 Å². The minimum absolute atomic E-state index is 0.192. The molecule has 0 spiro atoms. The molecule has 166 valence electrons. The third kappa shape index (κ3) is 14.0. The van der Waals surface area contributed by atoms with Crippen LogP contribution in [0.25, 0.3) is 0 Å². The number of carboxylic acid groups (broad SMARTS) is 1. The summed E-state index contributed by atoms with van der Waals surface area (Å²) in [7, 11) is 1.55. The maximum absolute atomic E-state index is 11.9. The highest BCUT2D eigenvalue weighted by Crippen LogP contribution is 1.93. The van der Waals surface area contributed by atoms with Crippen LogP contribution < -0.4 is 21.7 Å². The maximum Gasteiger partial charge on any atom is 0.305 e. The highest BCUT2D eigenvalue weighted by atomic mass is 16.5. The Morgan fingerprint density at radius 3 is 2.17 bits per heavy atom. The SMILES string of the molecule is COCCOCCOCC(=O)NCC(=O)N[C@@H](C)C(=O)N[C@@H](CC(=O)O)C(N)=O. The van der Waals surface area contributed by atoms with E-state index in [0.717, 1.165) is 0 Å². The fourth-order valence-electron chi connectivity index (χ4n) is 1.81. The fraction of sp³-hybridized carbons (Fsp3) is 0.688. The highest BCUT2D eigenvalue weighted by Gasteiger charge is 2.24. The van der Waals surface area contributed by atoms with Crippen molar-refractivity contribution in [1.29, 1.82) is 0 Å². The standard InChI is InChI=1S/C16H28N4O9/c1-10(16(26)20-11(15(17)25)7-14(23)24)19-12(21)8-18-13(22)9-29-6-5-28-4-3-27-2/h10-11H,3-9H2,1-2H3,(H2,17,25)(H,18,22)(H,19,21)(H,20,26)(H,23,24)/t10-,11-/m0/s1. The van der Waals surface area contributed by atoms with E-state index in [0.29, 0.717) is 13.2 Å². The highest BCUT2D eigenvalue weighted by molar-refractivity contribution is 5.93. The average Bonchev–Trinajstić information content (AvgIpc) is 2.64. The van der Waals surface area contributed by atoms with Crippen molar-refractivity contribution in [2.45, 2.75) is 25.4 Å². The molecule has 0 bridgehead atoms. The first-order valence-electron chi connectivity index (χ1n) is 8.69. The molecule has 2 atom stereocenters. The molecule has 0 aromatic heterocycles. The molecule has 0 unspecified atom stereocenters. The molecule has 0 aliphatic rings. The van der Waals surface area contributed by atoms with Crippen molar-refractivity contribution in [1.82, 2.24) is 16.0 Å². The molecule has 13 heteroatoms. The van der Waals surface area contributed by atoms with E-state index in [4.69, 9.17) is 25.1 Å². The number of nitrogens with one attached hydrogen (secondary N) is 3. The van der Waals surface area contributed by atoms with E-state index in [1.165, 1.54) is 6.92 Å². The molecule has 0 saturated carbocycles. The molecule has 0 aliphatic heterocycles. The number of ether oxygens (including phenoxy) is 3. The van der Waals surface area contributed by atoms with Crippen molar-refractivity contribution < 1.29 is 43.3 Å². The normalized spacial score (nSPS) is 12.5. The first-order chi connectivity index (χ1) is 13.7. The number of rotatable bonds is 16. The van der Waals surface area contributed by atoms with Gasteiger partial charge in [-0.15, -0.1) is 0 Å². The predicted molar refractivity (Wildman–Crippen MR) is 97.5 cm³/mol. The number of aliphatic carboxylic acids is 1. The van der Waals surface area contributed by atoms with Crippen molar-refractivity contribution in [2.24, 2.45) is 5.73 Å². The van der Waals surface area contributed by atoms with Crippen LogP contribution in [0.5, 0.6) is 0 Å². The summed E-state index contributed by atoms with van der Waals surface area (Å²) >= 11 is 0. The van der Waals surface area contributed by atoms with Gasteiger partial charge in [0.2, 0.25) is 23.6 Å². The van der Waals surface area contributed by atoms with Gasteiger partial charge in [0.25, 0.3) is 0 Å². The molecular weight excluding hydrogens is 392 g/mol. The molecule has 29 heavy (non-hydrogen) atoms. The molecule has 0 fully saturated rings. The number of amides is 4. The maximum atomic E-state index is 11.9. The summed E-state index contributed by atoms with van der Waals surface area (Å²) in [6, 6.07) is -2.50. The lowest BCUT2D eigenvalue weighted by Crippen LogP contribution is -2.53. The smallest absolute Gasteiger partial charge is 0.305 e. The van der Waals surface area contributed by atoms with E-state index < -0.39 is 54.6 Å². The molecule has 0 rings (SSSR count). The number of carboxylic acids is 1. The summed E-state index contributed by atoms with van der Waals surface area (Å²) < 4.78 is 15.0. The van der Waals surface area contributed by atoms with Crippen LogP contribution in [0.3, 0.4) is 0 Å². The van der Waals surface area contributed by atoms with Gasteiger partial charge in [0.15, 0.2) is 0 Å². The lowest BCUT2D eigenvalue weighted by molar-refractivity contribution is -0.140. The van der Waals surface area contributed by atoms with Crippen molar-refractivity contribution in [3.8, 4) is 0 Å². The summed E-state index contributed by atoms with van der Waals surface area (Å²) in [4.78, 5) is 57.1. The van der Waals surface area contributed by atoms with Crippen LogP contribution >= 0.6 is 0 Å². The van der Waals surface area contributed by atoms with Gasteiger partial charge >= 0.3 is 5.97 Å². The number of carbonyl (C=O) groups is 5. The summed E-state index contributed by atoms with van der Waals surface area (Å²) in [5.74, 6) is -4.35. The van der Waals surface area contributed by atoms with E-state index >= 15 is 0 Å². The first-order valence-corrected chi connectivity index (χ1v) is 8.69. The van der Waals surface area contributed by atoms with Gasteiger partial charge in [0, 0.05) is 7.11 Å². The van der Waals surface area contributed by atoms with Crippen molar-refractivity contribution in [3.63, 3.8) is 0 Å². The largest absolute Gasteiger partial charge is 0.481 e. The Morgan fingerprint density at radius 1 is 0.966 bits per heavy atom. The number of hydrogen-bond acceptors (Lipinski definition) is 8. The van der Waals surface area contributed by atoms with Crippen LogP contribution in [0, 0.1) is 0 Å². The van der Waals surface area contributed by atoms with Crippen LogP contribution in [0.15, 0.2) is 0 Å². The van der Waals surface area contributed by atoms with E-state index in [-0.39, 0.29) is 19.8 Å². The van der Waals surface area contributed by atoms with E-state index in [1.54, 1.807) is 7.11 Å². The zero-order chi connectivity index (χ0) is 22.2. The summed E-state index contributed by atoms with van der Waals surface area (Å²) in [6.45, 7) is 1.99. The second-order valence-corrected chi connectivity index (χ2v) is 5.79. The van der Waals surface area contributed by atoms with Gasteiger partial charge in [0.1, 0.15) is 18.7 Å². The number of primary amides is 1. The zero-order valence-electron chi connectivity index (χ0n) is 16.4. The second-order valence-electron chi connectivity index (χ2n) is 5.79. The van der Waals surface area contributed by atoms with Gasteiger partial charge < -0.3 is 41.0 Å². The van der Waals surface area contributed by atoms with Crippen molar-refractivity contribution in [3.05, 3.63) is 0 Å². The van der Waals surface area contributed by atoms with Crippen LogP contribution in [0.1, 0.15) is 13.3 Å². The molecule has 0 radical (unpaired) electrons. The summed E-state index contributed by atoms with van der Waals surface area (Å²) in [6.07, 6.45) is -0.685. The zero-order valence-corrected chi connectivity index (χ0v) is 16.4. The molecule has 0 aromatic rings. The van der Waals surface area contributed by atoms with Gasteiger partial charge in [0.05, 0.1) is 39.4 Å². The molecule has 13 nitrogen and oxygen atoms in total.